The first kappa shape index (κ1) is 15.0. The van der Waals surface area contributed by atoms with Gasteiger partial charge in [0.05, 0.1) is 6.54 Å². The fourth-order valence-corrected chi connectivity index (χ4v) is 2.51. The average Bonchev–Trinajstić information content (AvgIpc) is 2.37. The minimum absolute atomic E-state index is 0.0209. The Kier molecular flexibility index (Phi) is 6.76. The van der Waals surface area contributed by atoms with Crippen molar-refractivity contribution < 1.29 is 9.59 Å². The number of hydrogen-bond acceptors (Lipinski definition) is 2. The van der Waals surface area contributed by atoms with Gasteiger partial charge in [-0.25, -0.2) is 0 Å². The Morgan fingerprint density at radius 1 is 1.22 bits per heavy atom. The molecule has 0 heterocycles. The molecule has 1 aliphatic carbocycles. The summed E-state index contributed by atoms with van der Waals surface area (Å²) in [6, 6.07) is 0.271. The minimum Gasteiger partial charge on any atom is -0.355 e. The second kappa shape index (κ2) is 8.11. The summed E-state index contributed by atoms with van der Waals surface area (Å²) in [5.41, 5.74) is 0. The van der Waals surface area contributed by atoms with Gasteiger partial charge in [-0.3, -0.25) is 9.59 Å². The van der Waals surface area contributed by atoms with Crippen molar-refractivity contribution in [3.05, 3.63) is 0 Å². The first-order valence-corrected chi connectivity index (χ1v) is 7.19. The number of nitrogens with one attached hydrogen (secondary N) is 1. The first-order chi connectivity index (χ1) is 8.65. The zero-order chi connectivity index (χ0) is 13.4. The van der Waals surface area contributed by atoms with E-state index in [4.69, 9.17) is 0 Å². The van der Waals surface area contributed by atoms with Crippen molar-refractivity contribution in [2.75, 3.05) is 13.1 Å². The molecule has 1 aliphatic rings. The molecule has 0 unspecified atom stereocenters. The van der Waals surface area contributed by atoms with Crippen molar-refractivity contribution >= 4 is 11.8 Å². The van der Waals surface area contributed by atoms with Crippen LogP contribution in [0.4, 0.5) is 0 Å². The highest BCUT2D eigenvalue weighted by molar-refractivity contribution is 5.83. The lowest BCUT2D eigenvalue weighted by molar-refractivity contribution is -0.137. The summed E-state index contributed by atoms with van der Waals surface area (Å²) in [7, 11) is 0. The fourth-order valence-electron chi connectivity index (χ4n) is 2.51. The van der Waals surface area contributed by atoms with Gasteiger partial charge in [-0.2, -0.15) is 0 Å². The Balaban J connectivity index is 2.41. The molecule has 0 aromatic heterocycles. The van der Waals surface area contributed by atoms with Gasteiger partial charge in [-0.1, -0.05) is 32.6 Å². The molecule has 0 radical (unpaired) electrons. The molecule has 1 N–H and O–H groups in total. The Hall–Kier alpha value is -1.06. The van der Waals surface area contributed by atoms with Crippen molar-refractivity contribution in [3.63, 3.8) is 0 Å². The summed E-state index contributed by atoms with van der Waals surface area (Å²) in [6.07, 6.45) is 7.75. The second-order valence-corrected chi connectivity index (χ2v) is 5.14. The number of unbranched alkanes of at least 4 members (excludes halogenated alkanes) is 1. The first-order valence-electron chi connectivity index (χ1n) is 7.19. The Morgan fingerprint density at radius 3 is 2.44 bits per heavy atom. The molecule has 0 atom stereocenters. The molecule has 0 aromatic carbocycles. The number of rotatable bonds is 6. The lowest BCUT2D eigenvalue weighted by atomic mass is 9.94. The highest BCUT2D eigenvalue weighted by Gasteiger charge is 2.24. The summed E-state index contributed by atoms with van der Waals surface area (Å²) in [4.78, 5) is 25.2. The van der Waals surface area contributed by atoms with Crippen LogP contribution in [-0.4, -0.2) is 35.8 Å². The van der Waals surface area contributed by atoms with Gasteiger partial charge < -0.3 is 10.2 Å². The van der Waals surface area contributed by atoms with Gasteiger partial charge in [-0.05, 0) is 19.3 Å². The maximum absolute atomic E-state index is 11.8. The third kappa shape index (κ3) is 5.07. The van der Waals surface area contributed by atoms with Crippen LogP contribution < -0.4 is 5.32 Å². The third-order valence-electron chi connectivity index (χ3n) is 3.59. The Morgan fingerprint density at radius 2 is 1.89 bits per heavy atom. The summed E-state index contributed by atoms with van der Waals surface area (Å²) >= 11 is 0. The highest BCUT2D eigenvalue weighted by atomic mass is 16.2. The quantitative estimate of drug-likeness (QED) is 0.738. The van der Waals surface area contributed by atoms with Gasteiger partial charge in [0.2, 0.25) is 11.8 Å². The van der Waals surface area contributed by atoms with E-state index in [1.54, 1.807) is 11.8 Å². The standard InChI is InChI=1S/C14H26N2O2/c1-3-4-10-15-14(18)11-16(12(2)17)13-8-6-5-7-9-13/h13H,3-11H2,1-2H3,(H,15,18). The monoisotopic (exact) mass is 254 g/mol. The molecule has 2 amide bonds. The van der Waals surface area contributed by atoms with Gasteiger partial charge in [0, 0.05) is 19.5 Å². The summed E-state index contributed by atoms with van der Waals surface area (Å²) in [6.45, 7) is 4.60. The van der Waals surface area contributed by atoms with Gasteiger partial charge in [0.1, 0.15) is 0 Å². The largest absolute Gasteiger partial charge is 0.355 e. The average molecular weight is 254 g/mol. The normalized spacial score (nSPS) is 16.3. The number of carbonyl (C=O) groups excluding carboxylic acids is 2. The number of amides is 2. The minimum atomic E-state index is -0.0239. The van der Waals surface area contributed by atoms with Crippen molar-refractivity contribution in [1.82, 2.24) is 10.2 Å². The van der Waals surface area contributed by atoms with E-state index < -0.39 is 0 Å². The van der Waals surface area contributed by atoms with Crippen molar-refractivity contribution in [3.8, 4) is 0 Å². The topological polar surface area (TPSA) is 49.4 Å². The molecule has 0 aliphatic heterocycles. The van der Waals surface area contributed by atoms with Gasteiger partial charge in [-0.15, -0.1) is 0 Å². The van der Waals surface area contributed by atoms with E-state index >= 15 is 0 Å². The van der Waals surface area contributed by atoms with Crippen LogP contribution >= 0.6 is 0 Å². The van der Waals surface area contributed by atoms with Crippen LogP contribution in [0.3, 0.4) is 0 Å². The molecule has 0 spiro atoms. The highest BCUT2D eigenvalue weighted by Crippen LogP contribution is 2.22. The fraction of sp³-hybridized carbons (Fsp3) is 0.857. The maximum Gasteiger partial charge on any atom is 0.239 e. The molecule has 0 bridgehead atoms. The second-order valence-electron chi connectivity index (χ2n) is 5.14. The van der Waals surface area contributed by atoms with Crippen LogP contribution in [0.1, 0.15) is 58.8 Å². The molecule has 4 heteroatoms. The molecule has 0 saturated heterocycles. The number of nitrogens with zero attached hydrogens (tertiary/aromatic N) is 1. The van der Waals surface area contributed by atoms with E-state index in [9.17, 15) is 9.59 Å². The molecule has 4 nitrogen and oxygen atoms in total. The van der Waals surface area contributed by atoms with E-state index in [1.807, 2.05) is 0 Å². The van der Waals surface area contributed by atoms with Gasteiger partial charge >= 0.3 is 0 Å². The molecule has 1 saturated carbocycles. The molecule has 0 aromatic rings. The van der Waals surface area contributed by atoms with Crippen LogP contribution in [0.2, 0.25) is 0 Å². The molecule has 104 valence electrons. The zero-order valence-corrected chi connectivity index (χ0v) is 11.7. The molecular weight excluding hydrogens is 228 g/mol. The van der Waals surface area contributed by atoms with E-state index in [1.165, 1.54) is 19.3 Å². The Labute approximate surface area is 110 Å². The van der Waals surface area contributed by atoms with Gasteiger partial charge in [0.15, 0.2) is 0 Å². The summed E-state index contributed by atoms with van der Waals surface area (Å²) in [5.74, 6) is -0.00300. The SMILES string of the molecule is CCCCNC(=O)CN(C(C)=O)C1CCCCC1. The summed E-state index contributed by atoms with van der Waals surface area (Å²) < 4.78 is 0. The predicted octanol–water partition coefficient (Wildman–Crippen LogP) is 2.08. The van der Waals surface area contributed by atoms with Crippen LogP contribution in [0.25, 0.3) is 0 Å². The zero-order valence-electron chi connectivity index (χ0n) is 11.7. The number of carbonyl (C=O) groups is 2. The summed E-state index contributed by atoms with van der Waals surface area (Å²) in [5, 5.41) is 2.88. The van der Waals surface area contributed by atoms with E-state index in [-0.39, 0.29) is 24.4 Å². The molecule has 1 fully saturated rings. The van der Waals surface area contributed by atoms with Crippen molar-refractivity contribution in [1.29, 1.82) is 0 Å². The van der Waals surface area contributed by atoms with E-state index in [2.05, 4.69) is 12.2 Å². The smallest absolute Gasteiger partial charge is 0.239 e. The molecule has 18 heavy (non-hydrogen) atoms. The third-order valence-corrected chi connectivity index (χ3v) is 3.59. The van der Waals surface area contributed by atoms with E-state index in [0.717, 1.165) is 25.7 Å². The van der Waals surface area contributed by atoms with Crippen LogP contribution in [-0.2, 0) is 9.59 Å². The number of hydrogen-bond donors (Lipinski definition) is 1. The van der Waals surface area contributed by atoms with Crippen molar-refractivity contribution in [2.45, 2.75) is 64.8 Å². The van der Waals surface area contributed by atoms with Crippen LogP contribution in [0.5, 0.6) is 0 Å². The van der Waals surface area contributed by atoms with E-state index in [0.29, 0.717) is 6.54 Å². The predicted molar refractivity (Wildman–Crippen MR) is 72.2 cm³/mol. The van der Waals surface area contributed by atoms with Crippen LogP contribution in [0.15, 0.2) is 0 Å². The lowest BCUT2D eigenvalue weighted by Crippen LogP contribution is -2.46. The maximum atomic E-state index is 11.8. The van der Waals surface area contributed by atoms with Gasteiger partial charge in [0.25, 0.3) is 0 Å². The Bertz CT molecular complexity index is 273. The van der Waals surface area contributed by atoms with Crippen molar-refractivity contribution in [2.24, 2.45) is 0 Å². The lowest BCUT2D eigenvalue weighted by Gasteiger charge is -2.33. The molecular formula is C14H26N2O2. The van der Waals surface area contributed by atoms with Crippen LogP contribution in [0, 0.1) is 0 Å². The molecule has 1 rings (SSSR count).